The molecule has 0 aromatic carbocycles. The van der Waals surface area contributed by atoms with Crippen molar-refractivity contribution in [3.63, 3.8) is 0 Å². The van der Waals surface area contributed by atoms with E-state index in [9.17, 15) is 0 Å². The maximum Gasteiger partial charge on any atom is 0.140 e. The number of fused-ring (bicyclic) bond motifs is 1. The lowest BCUT2D eigenvalue weighted by Gasteiger charge is -2.01. The van der Waals surface area contributed by atoms with Crippen molar-refractivity contribution in [3.05, 3.63) is 30.1 Å². The first-order valence-electron chi connectivity index (χ1n) is 7.04. The number of aryl methyl sites for hydroxylation is 1. The van der Waals surface area contributed by atoms with E-state index < -0.39 is 0 Å². The Bertz CT molecular complexity index is 526. The summed E-state index contributed by atoms with van der Waals surface area (Å²) in [7, 11) is 0. The molecule has 0 saturated heterocycles. The predicted molar refractivity (Wildman–Crippen MR) is 74.5 cm³/mol. The van der Waals surface area contributed by atoms with Gasteiger partial charge in [-0.1, -0.05) is 13.3 Å². The molecule has 1 aliphatic rings. The molecule has 0 spiro atoms. The topological polar surface area (TPSA) is 29.9 Å². The number of nitrogens with one attached hydrogen (secondary N) is 1. The zero-order chi connectivity index (χ0) is 12.4. The molecule has 3 nitrogen and oxygen atoms in total. The molecule has 0 unspecified atom stereocenters. The Balaban J connectivity index is 1.86. The van der Waals surface area contributed by atoms with Gasteiger partial charge in [-0.3, -0.25) is 0 Å². The van der Waals surface area contributed by atoms with Gasteiger partial charge in [0.2, 0.25) is 0 Å². The highest BCUT2D eigenvalue weighted by Gasteiger charge is 2.20. The van der Waals surface area contributed by atoms with Gasteiger partial charge in [-0.05, 0) is 37.0 Å². The third-order valence-corrected chi connectivity index (χ3v) is 3.63. The highest BCUT2D eigenvalue weighted by molar-refractivity contribution is 5.80. The summed E-state index contributed by atoms with van der Waals surface area (Å²) in [4.78, 5) is 4.53. The lowest BCUT2D eigenvalue weighted by atomic mass is 10.2. The van der Waals surface area contributed by atoms with E-state index in [2.05, 4.69) is 34.1 Å². The summed E-state index contributed by atoms with van der Waals surface area (Å²) >= 11 is 0. The average molecular weight is 243 g/mol. The minimum Gasteiger partial charge on any atom is -0.332 e. The van der Waals surface area contributed by atoms with Crippen LogP contribution >= 0.6 is 0 Å². The zero-order valence-electron chi connectivity index (χ0n) is 11.0. The highest BCUT2D eigenvalue weighted by Crippen LogP contribution is 2.23. The molecule has 0 aliphatic heterocycles. The van der Waals surface area contributed by atoms with Crippen LogP contribution in [0.3, 0.4) is 0 Å². The van der Waals surface area contributed by atoms with Crippen LogP contribution in [0, 0.1) is 0 Å². The second kappa shape index (κ2) is 5.11. The Morgan fingerprint density at radius 3 is 3.11 bits per heavy atom. The minimum atomic E-state index is 0.760. The van der Waals surface area contributed by atoms with Gasteiger partial charge >= 0.3 is 0 Å². The molecule has 1 saturated carbocycles. The Morgan fingerprint density at radius 1 is 1.44 bits per heavy atom. The van der Waals surface area contributed by atoms with Crippen molar-refractivity contribution in [2.75, 3.05) is 0 Å². The van der Waals surface area contributed by atoms with Gasteiger partial charge in [-0.15, -0.1) is 0 Å². The molecule has 2 heterocycles. The van der Waals surface area contributed by atoms with Crippen molar-refractivity contribution < 1.29 is 0 Å². The molecule has 3 rings (SSSR count). The molecule has 0 amide bonds. The monoisotopic (exact) mass is 243 g/mol. The normalized spacial score (nSPS) is 15.4. The third-order valence-electron chi connectivity index (χ3n) is 3.63. The first-order valence-corrected chi connectivity index (χ1v) is 7.04. The van der Waals surface area contributed by atoms with Crippen LogP contribution in [0.1, 0.15) is 38.2 Å². The van der Waals surface area contributed by atoms with Crippen molar-refractivity contribution in [1.82, 2.24) is 14.9 Å². The van der Waals surface area contributed by atoms with E-state index in [1.54, 1.807) is 0 Å². The van der Waals surface area contributed by atoms with Crippen LogP contribution in [0.25, 0.3) is 11.0 Å². The van der Waals surface area contributed by atoms with Crippen molar-refractivity contribution in [2.24, 2.45) is 0 Å². The number of unbranched alkanes of at least 4 members (excludes halogenated alkanes) is 1. The number of hydrogen-bond acceptors (Lipinski definition) is 2. The smallest absolute Gasteiger partial charge is 0.140 e. The first-order chi connectivity index (χ1) is 8.88. The summed E-state index contributed by atoms with van der Waals surface area (Å²) in [5.74, 6) is 0. The van der Waals surface area contributed by atoms with Crippen LogP contribution in [-0.4, -0.2) is 15.6 Å². The van der Waals surface area contributed by atoms with Gasteiger partial charge < -0.3 is 9.88 Å². The molecule has 0 radical (unpaired) electrons. The number of hydrogen-bond donors (Lipinski definition) is 1. The lowest BCUT2D eigenvalue weighted by Crippen LogP contribution is -2.14. The van der Waals surface area contributed by atoms with Gasteiger partial charge in [0.25, 0.3) is 0 Å². The maximum absolute atomic E-state index is 4.53. The molecular weight excluding hydrogens is 222 g/mol. The SMILES string of the molecule is CCCCn1cc(CNC2CC2)c2cccnc21. The van der Waals surface area contributed by atoms with Gasteiger partial charge in [0.05, 0.1) is 0 Å². The first kappa shape index (κ1) is 11.7. The fourth-order valence-electron chi connectivity index (χ4n) is 2.38. The predicted octanol–water partition coefficient (Wildman–Crippen LogP) is 3.09. The van der Waals surface area contributed by atoms with Gasteiger partial charge in [-0.25, -0.2) is 4.98 Å². The van der Waals surface area contributed by atoms with Gasteiger partial charge in [0.15, 0.2) is 0 Å². The second-order valence-corrected chi connectivity index (χ2v) is 5.23. The van der Waals surface area contributed by atoms with Crippen LogP contribution in [-0.2, 0) is 13.1 Å². The van der Waals surface area contributed by atoms with Crippen LogP contribution in [0.2, 0.25) is 0 Å². The molecule has 2 aromatic rings. The van der Waals surface area contributed by atoms with Crippen LogP contribution in [0.5, 0.6) is 0 Å². The molecule has 3 heteroatoms. The Morgan fingerprint density at radius 2 is 2.33 bits per heavy atom. The number of aromatic nitrogens is 2. The van der Waals surface area contributed by atoms with Crippen molar-refractivity contribution in [2.45, 2.75) is 51.7 Å². The van der Waals surface area contributed by atoms with Gasteiger partial charge in [0.1, 0.15) is 5.65 Å². The molecule has 1 fully saturated rings. The summed E-state index contributed by atoms with van der Waals surface area (Å²) < 4.78 is 2.31. The largest absolute Gasteiger partial charge is 0.332 e. The summed E-state index contributed by atoms with van der Waals surface area (Å²) in [6, 6.07) is 4.98. The molecule has 0 bridgehead atoms. The summed E-state index contributed by atoms with van der Waals surface area (Å²) in [5.41, 5.74) is 2.53. The fraction of sp³-hybridized carbons (Fsp3) is 0.533. The molecule has 1 N–H and O–H groups in total. The van der Waals surface area contributed by atoms with Gasteiger partial charge in [0, 0.05) is 36.9 Å². The number of nitrogens with zero attached hydrogens (tertiary/aromatic N) is 2. The molecule has 18 heavy (non-hydrogen) atoms. The van der Waals surface area contributed by atoms with E-state index in [4.69, 9.17) is 0 Å². The van der Waals surface area contributed by atoms with E-state index in [0.29, 0.717) is 0 Å². The second-order valence-electron chi connectivity index (χ2n) is 5.23. The fourth-order valence-corrected chi connectivity index (χ4v) is 2.38. The van der Waals surface area contributed by atoms with Crippen molar-refractivity contribution in [1.29, 1.82) is 0 Å². The lowest BCUT2D eigenvalue weighted by molar-refractivity contribution is 0.639. The van der Waals surface area contributed by atoms with Crippen LogP contribution in [0.15, 0.2) is 24.5 Å². The summed E-state index contributed by atoms with van der Waals surface area (Å²) in [5, 5.41) is 4.90. The van der Waals surface area contributed by atoms with Crippen LogP contribution < -0.4 is 5.32 Å². The maximum atomic E-state index is 4.53. The van der Waals surface area contributed by atoms with Crippen LogP contribution in [0.4, 0.5) is 0 Å². The third kappa shape index (κ3) is 2.41. The average Bonchev–Trinajstić information content (AvgIpc) is 3.17. The number of pyridine rings is 1. The molecule has 1 aliphatic carbocycles. The van der Waals surface area contributed by atoms with E-state index in [1.807, 2.05) is 12.3 Å². The van der Waals surface area contributed by atoms with E-state index in [1.165, 1.54) is 36.6 Å². The Kier molecular flexibility index (Phi) is 3.33. The van der Waals surface area contributed by atoms with E-state index in [0.717, 1.165) is 24.8 Å². The quantitative estimate of drug-likeness (QED) is 0.845. The standard InChI is InChI=1S/C15H21N3/c1-2-3-9-18-11-12(10-17-13-6-7-13)14-5-4-8-16-15(14)18/h4-5,8,11,13,17H,2-3,6-7,9-10H2,1H3. The molecule has 2 aromatic heterocycles. The number of rotatable bonds is 6. The molecule has 96 valence electrons. The van der Waals surface area contributed by atoms with Gasteiger partial charge in [-0.2, -0.15) is 0 Å². The molecular formula is C15H21N3. The van der Waals surface area contributed by atoms with E-state index in [-0.39, 0.29) is 0 Å². The Hall–Kier alpha value is -1.35. The van der Waals surface area contributed by atoms with E-state index >= 15 is 0 Å². The highest BCUT2D eigenvalue weighted by atomic mass is 15.0. The van der Waals surface area contributed by atoms with Crippen molar-refractivity contribution >= 4 is 11.0 Å². The van der Waals surface area contributed by atoms with Crippen molar-refractivity contribution in [3.8, 4) is 0 Å². The Labute approximate surface area is 108 Å². The summed E-state index contributed by atoms with van der Waals surface area (Å²) in [6.45, 7) is 4.29. The minimum absolute atomic E-state index is 0.760. The summed E-state index contributed by atoms with van der Waals surface area (Å²) in [6.07, 6.45) is 9.29. The molecule has 0 atom stereocenters. The zero-order valence-corrected chi connectivity index (χ0v) is 11.0.